The molecule has 168 valence electrons. The summed E-state index contributed by atoms with van der Waals surface area (Å²) in [4.78, 5) is 37.2. The summed E-state index contributed by atoms with van der Waals surface area (Å²) >= 11 is 0. The van der Waals surface area contributed by atoms with E-state index in [0.29, 0.717) is 25.8 Å². The highest BCUT2D eigenvalue weighted by molar-refractivity contribution is 5.74. The summed E-state index contributed by atoms with van der Waals surface area (Å²) in [5, 5.41) is 0. The highest BCUT2D eigenvalue weighted by Gasteiger charge is 2.25. The number of benzene rings is 1. The molecule has 1 unspecified atom stereocenters. The van der Waals surface area contributed by atoms with Gasteiger partial charge in [0.1, 0.15) is 11.2 Å². The van der Waals surface area contributed by atoms with Crippen LogP contribution in [0.5, 0.6) is 0 Å². The highest BCUT2D eigenvalue weighted by Crippen LogP contribution is 2.21. The molecule has 0 fully saturated rings. The van der Waals surface area contributed by atoms with Gasteiger partial charge in [-0.15, -0.1) is 0 Å². The average Bonchev–Trinajstić information content (AvgIpc) is 2.57. The summed E-state index contributed by atoms with van der Waals surface area (Å²) in [6, 6.07) is 7.67. The molecule has 0 aromatic heterocycles. The number of esters is 2. The lowest BCUT2D eigenvalue weighted by Crippen LogP contribution is -2.30. The predicted molar refractivity (Wildman–Crippen MR) is 117 cm³/mol. The molecule has 6 heteroatoms. The minimum Gasteiger partial charge on any atom is -0.460 e. The number of hydrogen-bond donors (Lipinski definition) is 0. The Morgan fingerprint density at radius 2 is 1.63 bits per heavy atom. The molecule has 0 spiro atoms. The van der Waals surface area contributed by atoms with Crippen molar-refractivity contribution in [3.8, 4) is 0 Å². The maximum atomic E-state index is 12.7. The van der Waals surface area contributed by atoms with Crippen molar-refractivity contribution in [3.63, 3.8) is 0 Å². The third-order valence-corrected chi connectivity index (χ3v) is 4.23. The first kappa shape index (κ1) is 25.7. The van der Waals surface area contributed by atoms with Crippen molar-refractivity contribution in [2.24, 2.45) is 5.92 Å². The second-order valence-corrected chi connectivity index (χ2v) is 9.75. The van der Waals surface area contributed by atoms with Gasteiger partial charge in [0.25, 0.3) is 0 Å². The summed E-state index contributed by atoms with van der Waals surface area (Å²) in [6.07, 6.45) is 2.80. The number of hydrogen-bond acceptors (Lipinski definition) is 5. The Balaban J connectivity index is 2.87. The molecule has 1 atom stereocenters. The number of rotatable bonds is 10. The summed E-state index contributed by atoms with van der Waals surface area (Å²) in [7, 11) is 1.72. The Hall–Kier alpha value is -2.37. The van der Waals surface area contributed by atoms with Crippen LogP contribution < -0.4 is 0 Å². The molecule has 1 rings (SSSR count). The van der Waals surface area contributed by atoms with Crippen LogP contribution in [0.1, 0.15) is 65.5 Å². The topological polar surface area (TPSA) is 72.9 Å². The van der Waals surface area contributed by atoms with Gasteiger partial charge in [-0.25, -0.2) is 0 Å². The molecule has 0 aliphatic carbocycles. The van der Waals surface area contributed by atoms with Crippen LogP contribution in [-0.2, 0) is 36.7 Å². The fourth-order valence-corrected chi connectivity index (χ4v) is 3.02. The van der Waals surface area contributed by atoms with Crippen LogP contribution in [-0.4, -0.2) is 48.0 Å². The Morgan fingerprint density at radius 1 is 1.03 bits per heavy atom. The van der Waals surface area contributed by atoms with Crippen molar-refractivity contribution in [2.75, 3.05) is 13.6 Å². The van der Waals surface area contributed by atoms with E-state index < -0.39 is 11.2 Å². The first-order valence-electron chi connectivity index (χ1n) is 10.5. The van der Waals surface area contributed by atoms with Crippen LogP contribution in [0.2, 0.25) is 0 Å². The largest absolute Gasteiger partial charge is 0.460 e. The van der Waals surface area contributed by atoms with Gasteiger partial charge in [-0.05, 0) is 71.9 Å². The zero-order chi connectivity index (χ0) is 22.9. The Kier molecular flexibility index (Phi) is 9.53. The molecule has 6 nitrogen and oxygen atoms in total. The minimum absolute atomic E-state index is 0.187. The van der Waals surface area contributed by atoms with E-state index in [2.05, 4.69) is 0 Å². The number of ether oxygens (including phenoxy) is 2. The fraction of sp³-hybridized carbons (Fsp3) is 0.625. The second kappa shape index (κ2) is 11.1. The van der Waals surface area contributed by atoms with Crippen LogP contribution >= 0.6 is 0 Å². The van der Waals surface area contributed by atoms with E-state index in [4.69, 9.17) is 9.47 Å². The molecule has 0 aliphatic rings. The van der Waals surface area contributed by atoms with Gasteiger partial charge < -0.3 is 14.4 Å². The molecule has 1 amide bonds. The molecule has 0 N–H and O–H groups in total. The minimum atomic E-state index is -0.562. The summed E-state index contributed by atoms with van der Waals surface area (Å²) in [5.41, 5.74) is 0.736. The summed E-state index contributed by atoms with van der Waals surface area (Å²) in [5.74, 6) is -0.838. The van der Waals surface area contributed by atoms with Crippen LogP contribution in [0.25, 0.3) is 0 Å². The first-order chi connectivity index (χ1) is 13.8. The van der Waals surface area contributed by atoms with Crippen molar-refractivity contribution in [3.05, 3.63) is 35.4 Å². The third kappa shape index (κ3) is 11.0. The second-order valence-electron chi connectivity index (χ2n) is 9.75. The number of amides is 1. The van der Waals surface area contributed by atoms with Gasteiger partial charge in [0.15, 0.2) is 0 Å². The van der Waals surface area contributed by atoms with E-state index in [-0.39, 0.29) is 24.3 Å². The summed E-state index contributed by atoms with van der Waals surface area (Å²) in [6.45, 7) is 11.7. The molecule has 30 heavy (non-hydrogen) atoms. The van der Waals surface area contributed by atoms with Gasteiger partial charge in [-0.3, -0.25) is 14.4 Å². The molecule has 0 saturated heterocycles. The maximum Gasteiger partial charge on any atom is 0.310 e. The number of carbonyl (C=O) groups excluding carboxylic acids is 3. The van der Waals surface area contributed by atoms with Crippen LogP contribution in [0.3, 0.4) is 0 Å². The smallest absolute Gasteiger partial charge is 0.310 e. The zero-order valence-electron chi connectivity index (χ0n) is 19.5. The van der Waals surface area contributed by atoms with Crippen molar-refractivity contribution in [1.29, 1.82) is 0 Å². The molecule has 0 radical (unpaired) electrons. The van der Waals surface area contributed by atoms with Gasteiger partial charge >= 0.3 is 11.9 Å². The molecule has 1 aromatic rings. The normalized spacial score (nSPS) is 12.8. The molecule has 0 saturated carbocycles. The van der Waals surface area contributed by atoms with Crippen molar-refractivity contribution in [2.45, 2.75) is 78.4 Å². The van der Waals surface area contributed by atoms with Crippen LogP contribution in [0, 0.1) is 5.92 Å². The molecule has 0 bridgehead atoms. The molecule has 0 aliphatic heterocycles. The summed E-state index contributed by atoms with van der Waals surface area (Å²) < 4.78 is 11.0. The van der Waals surface area contributed by atoms with Gasteiger partial charge in [0, 0.05) is 13.6 Å². The van der Waals surface area contributed by atoms with Crippen LogP contribution in [0.15, 0.2) is 24.3 Å². The molecular formula is C24H37NO5. The quantitative estimate of drug-likeness (QED) is 0.424. The maximum absolute atomic E-state index is 12.7. The highest BCUT2D eigenvalue weighted by atomic mass is 16.6. The Labute approximate surface area is 180 Å². The SMILES string of the molecule is CN(C=O)CCCC(Cc1cccc(CC(=O)OC(C)(C)C)c1)C(=O)OC(C)(C)C. The fourth-order valence-electron chi connectivity index (χ4n) is 3.02. The molecule has 1 aromatic carbocycles. The van der Waals surface area contributed by atoms with E-state index in [1.165, 1.54) is 0 Å². The lowest BCUT2D eigenvalue weighted by molar-refractivity contribution is -0.160. The van der Waals surface area contributed by atoms with Gasteiger partial charge in [-0.2, -0.15) is 0 Å². The Bertz CT molecular complexity index is 715. The first-order valence-corrected chi connectivity index (χ1v) is 10.5. The number of carbonyl (C=O) groups is 3. The van der Waals surface area contributed by atoms with E-state index in [1.807, 2.05) is 65.8 Å². The van der Waals surface area contributed by atoms with E-state index in [9.17, 15) is 14.4 Å². The lowest BCUT2D eigenvalue weighted by Gasteiger charge is -2.24. The van der Waals surface area contributed by atoms with Gasteiger partial charge in [0.2, 0.25) is 6.41 Å². The van der Waals surface area contributed by atoms with Crippen LogP contribution in [0.4, 0.5) is 0 Å². The van der Waals surface area contributed by atoms with E-state index in [0.717, 1.165) is 17.5 Å². The average molecular weight is 420 g/mol. The van der Waals surface area contributed by atoms with Crippen molar-refractivity contribution < 1.29 is 23.9 Å². The van der Waals surface area contributed by atoms with Gasteiger partial charge in [-0.1, -0.05) is 24.3 Å². The predicted octanol–water partition coefficient (Wildman–Crippen LogP) is 3.94. The van der Waals surface area contributed by atoms with E-state index >= 15 is 0 Å². The monoisotopic (exact) mass is 419 g/mol. The molecular weight excluding hydrogens is 382 g/mol. The van der Waals surface area contributed by atoms with Gasteiger partial charge in [0.05, 0.1) is 12.3 Å². The van der Waals surface area contributed by atoms with Crippen molar-refractivity contribution >= 4 is 18.3 Å². The number of nitrogens with zero attached hydrogens (tertiary/aromatic N) is 1. The third-order valence-electron chi connectivity index (χ3n) is 4.23. The van der Waals surface area contributed by atoms with Crippen molar-refractivity contribution in [1.82, 2.24) is 4.90 Å². The molecule has 0 heterocycles. The van der Waals surface area contributed by atoms with E-state index in [1.54, 1.807) is 11.9 Å². The Morgan fingerprint density at radius 3 is 2.20 bits per heavy atom. The lowest BCUT2D eigenvalue weighted by atomic mass is 9.93. The zero-order valence-corrected chi connectivity index (χ0v) is 19.5. The standard InChI is InChI=1S/C24H37NO5/c1-23(2,3)29-21(27)16-19-11-8-10-18(14-19)15-20(12-9-13-25(7)17-26)22(28)30-24(4,5)6/h8,10-11,14,17,20H,9,12-13,15-16H2,1-7H3.